The maximum absolute atomic E-state index is 12.9. The van der Waals surface area contributed by atoms with Crippen molar-refractivity contribution in [1.29, 1.82) is 0 Å². The Labute approximate surface area is 156 Å². The van der Waals surface area contributed by atoms with Crippen LogP contribution in [0.4, 0.5) is 15.8 Å². The summed E-state index contributed by atoms with van der Waals surface area (Å²) >= 11 is 0.988. The second kappa shape index (κ2) is 7.96. The second-order valence-electron chi connectivity index (χ2n) is 5.49. The summed E-state index contributed by atoms with van der Waals surface area (Å²) in [6, 6.07) is 10.1. The number of hydrogen-bond acceptors (Lipinski definition) is 7. The van der Waals surface area contributed by atoms with E-state index in [-0.39, 0.29) is 34.1 Å². The Morgan fingerprint density at radius 1 is 1.26 bits per heavy atom. The maximum atomic E-state index is 12.9. The van der Waals surface area contributed by atoms with Crippen LogP contribution in [0.3, 0.4) is 0 Å². The number of hydrogen-bond donors (Lipinski definition) is 1. The van der Waals surface area contributed by atoms with Crippen molar-refractivity contribution in [2.45, 2.75) is 12.1 Å². The fourth-order valence-corrected chi connectivity index (χ4v) is 2.75. The van der Waals surface area contributed by atoms with Crippen molar-refractivity contribution in [3.8, 4) is 11.5 Å². The van der Waals surface area contributed by atoms with Crippen molar-refractivity contribution in [3.05, 3.63) is 64.0 Å². The number of amides is 1. The van der Waals surface area contributed by atoms with Crippen LogP contribution in [0.1, 0.15) is 5.56 Å². The topological polar surface area (TPSA) is 111 Å². The molecule has 3 rings (SSSR count). The predicted molar refractivity (Wildman–Crippen MR) is 96.9 cm³/mol. The Morgan fingerprint density at radius 3 is 2.70 bits per heavy atom. The minimum atomic E-state index is -0.553. The first-order valence-electron chi connectivity index (χ1n) is 7.69. The van der Waals surface area contributed by atoms with E-state index in [1.54, 1.807) is 13.0 Å². The van der Waals surface area contributed by atoms with Crippen molar-refractivity contribution in [1.82, 2.24) is 10.2 Å². The van der Waals surface area contributed by atoms with Gasteiger partial charge in [0.15, 0.2) is 0 Å². The minimum Gasteiger partial charge on any atom is -0.411 e. The molecule has 0 atom stereocenters. The fraction of sp³-hybridized carbons (Fsp3) is 0.118. The zero-order valence-corrected chi connectivity index (χ0v) is 14.8. The minimum absolute atomic E-state index is 0.0733. The molecule has 0 fully saturated rings. The first kappa shape index (κ1) is 18.5. The first-order valence-corrected chi connectivity index (χ1v) is 8.68. The Kier molecular flexibility index (Phi) is 5.46. The normalized spacial score (nSPS) is 10.6. The molecule has 0 unspecified atom stereocenters. The van der Waals surface area contributed by atoms with E-state index in [1.807, 2.05) is 0 Å². The highest BCUT2D eigenvalue weighted by Gasteiger charge is 2.17. The van der Waals surface area contributed by atoms with Crippen molar-refractivity contribution < 1.29 is 18.5 Å². The summed E-state index contributed by atoms with van der Waals surface area (Å²) in [6.45, 7) is 1.72. The van der Waals surface area contributed by atoms with E-state index in [2.05, 4.69) is 15.5 Å². The summed E-state index contributed by atoms with van der Waals surface area (Å²) in [5.41, 5.74) is 1.21. The van der Waals surface area contributed by atoms with Gasteiger partial charge in [-0.1, -0.05) is 17.8 Å². The average Bonchev–Trinajstić information content (AvgIpc) is 3.11. The monoisotopic (exact) mass is 388 g/mol. The molecule has 1 N–H and O–H groups in total. The van der Waals surface area contributed by atoms with Gasteiger partial charge in [-0.25, -0.2) is 4.39 Å². The highest BCUT2D eigenvalue weighted by Crippen LogP contribution is 2.27. The summed E-state index contributed by atoms with van der Waals surface area (Å²) in [5, 5.41) is 21.4. The van der Waals surface area contributed by atoms with Gasteiger partial charge in [0, 0.05) is 11.6 Å². The molecule has 3 aromatic rings. The summed E-state index contributed by atoms with van der Waals surface area (Å²) in [6.07, 6.45) is 0. The molecule has 0 saturated carbocycles. The Morgan fingerprint density at radius 2 is 2.00 bits per heavy atom. The van der Waals surface area contributed by atoms with Crippen LogP contribution in [0, 0.1) is 22.9 Å². The molecular weight excluding hydrogens is 375 g/mol. The molecule has 0 spiro atoms. The highest BCUT2D eigenvalue weighted by atomic mass is 32.2. The lowest BCUT2D eigenvalue weighted by Crippen LogP contribution is -2.15. The molecule has 0 aliphatic carbocycles. The molecule has 1 aromatic heterocycles. The predicted octanol–water partition coefficient (Wildman–Crippen LogP) is 3.82. The van der Waals surface area contributed by atoms with Gasteiger partial charge in [0.1, 0.15) is 11.5 Å². The van der Waals surface area contributed by atoms with Crippen molar-refractivity contribution >= 4 is 29.0 Å². The Bertz CT molecular complexity index is 991. The quantitative estimate of drug-likeness (QED) is 0.388. The number of carbonyl (C=O) groups excluding carboxylic acids is 1. The van der Waals surface area contributed by atoms with Gasteiger partial charge in [-0.3, -0.25) is 14.9 Å². The van der Waals surface area contributed by atoms with Crippen LogP contribution in [0.2, 0.25) is 0 Å². The summed E-state index contributed by atoms with van der Waals surface area (Å²) < 4.78 is 18.4. The summed E-state index contributed by atoms with van der Waals surface area (Å²) in [4.78, 5) is 22.6. The SMILES string of the molecule is Cc1ccc(NC(=O)CSc2nnc(-c3ccc(F)cc3)o2)c([N+](=O)[O-])c1. The van der Waals surface area contributed by atoms with E-state index in [4.69, 9.17) is 4.42 Å². The number of benzene rings is 2. The van der Waals surface area contributed by atoms with E-state index < -0.39 is 10.8 Å². The van der Waals surface area contributed by atoms with Crippen LogP contribution in [0.15, 0.2) is 52.1 Å². The van der Waals surface area contributed by atoms with Crippen molar-refractivity contribution in [2.24, 2.45) is 0 Å². The van der Waals surface area contributed by atoms with Crippen LogP contribution in [0.5, 0.6) is 0 Å². The number of thioether (sulfide) groups is 1. The zero-order chi connectivity index (χ0) is 19.4. The van der Waals surface area contributed by atoms with E-state index in [1.165, 1.54) is 36.4 Å². The van der Waals surface area contributed by atoms with Gasteiger partial charge < -0.3 is 9.73 Å². The second-order valence-corrected chi connectivity index (χ2v) is 6.42. The average molecular weight is 388 g/mol. The van der Waals surface area contributed by atoms with Gasteiger partial charge in [0.05, 0.1) is 10.7 Å². The van der Waals surface area contributed by atoms with Crippen molar-refractivity contribution in [3.63, 3.8) is 0 Å². The molecule has 8 nitrogen and oxygen atoms in total. The van der Waals surface area contributed by atoms with E-state index in [0.717, 1.165) is 11.8 Å². The number of nitrogens with zero attached hydrogens (tertiary/aromatic N) is 3. The summed E-state index contributed by atoms with van der Waals surface area (Å²) in [7, 11) is 0. The molecule has 1 amide bonds. The zero-order valence-electron chi connectivity index (χ0n) is 14.0. The largest absolute Gasteiger partial charge is 0.411 e. The summed E-state index contributed by atoms with van der Waals surface area (Å²) in [5.74, 6) is -0.703. The molecule has 1 heterocycles. The molecular formula is C17H13FN4O4S. The van der Waals surface area contributed by atoms with Gasteiger partial charge in [0.2, 0.25) is 11.8 Å². The molecule has 0 bridgehead atoms. The number of nitrogens with one attached hydrogen (secondary N) is 1. The molecule has 0 aliphatic heterocycles. The number of rotatable bonds is 6. The first-order chi connectivity index (χ1) is 12.9. The van der Waals surface area contributed by atoms with Crippen molar-refractivity contribution in [2.75, 3.05) is 11.1 Å². The van der Waals surface area contributed by atoms with Crippen LogP contribution < -0.4 is 5.32 Å². The Balaban J connectivity index is 1.62. The van der Waals surface area contributed by atoms with Gasteiger partial charge in [-0.15, -0.1) is 10.2 Å². The van der Waals surface area contributed by atoms with Crippen LogP contribution in [0.25, 0.3) is 11.5 Å². The smallest absolute Gasteiger partial charge is 0.293 e. The Hall–Kier alpha value is -3.27. The van der Waals surface area contributed by atoms with E-state index >= 15 is 0 Å². The fourth-order valence-electron chi connectivity index (χ4n) is 2.19. The lowest BCUT2D eigenvalue weighted by atomic mass is 10.2. The number of aryl methyl sites for hydroxylation is 1. The lowest BCUT2D eigenvalue weighted by molar-refractivity contribution is -0.384. The van der Waals surface area contributed by atoms with Gasteiger partial charge >= 0.3 is 0 Å². The number of nitro groups is 1. The molecule has 10 heteroatoms. The molecule has 0 saturated heterocycles. The molecule has 2 aromatic carbocycles. The third kappa shape index (κ3) is 4.67. The number of halogens is 1. The van der Waals surface area contributed by atoms with Gasteiger partial charge in [-0.2, -0.15) is 0 Å². The number of nitro benzene ring substituents is 1. The van der Waals surface area contributed by atoms with Crippen LogP contribution in [-0.2, 0) is 4.79 Å². The van der Waals surface area contributed by atoms with E-state index in [0.29, 0.717) is 11.1 Å². The maximum Gasteiger partial charge on any atom is 0.293 e. The van der Waals surface area contributed by atoms with Crippen LogP contribution >= 0.6 is 11.8 Å². The number of anilines is 1. The third-order valence-corrected chi connectivity index (χ3v) is 4.27. The molecule has 138 valence electrons. The highest BCUT2D eigenvalue weighted by molar-refractivity contribution is 7.99. The third-order valence-electron chi connectivity index (χ3n) is 3.45. The van der Waals surface area contributed by atoms with Gasteiger partial charge in [0.25, 0.3) is 10.9 Å². The van der Waals surface area contributed by atoms with E-state index in [9.17, 15) is 19.3 Å². The number of carbonyl (C=O) groups is 1. The molecule has 27 heavy (non-hydrogen) atoms. The number of aromatic nitrogens is 2. The van der Waals surface area contributed by atoms with Gasteiger partial charge in [-0.05, 0) is 42.8 Å². The van der Waals surface area contributed by atoms with Crippen LogP contribution in [-0.4, -0.2) is 26.8 Å². The lowest BCUT2D eigenvalue weighted by Gasteiger charge is -2.05. The molecule has 0 aliphatic rings. The molecule has 0 radical (unpaired) electrons. The standard InChI is InChI=1S/C17H13FN4O4S/c1-10-2-7-13(14(8-10)22(24)25)19-15(23)9-27-17-21-20-16(26-17)11-3-5-12(18)6-4-11/h2-8H,9H2,1H3,(H,19,23).